The van der Waals surface area contributed by atoms with Gasteiger partial charge in [0.15, 0.2) is 5.70 Å². The third-order valence-corrected chi connectivity index (χ3v) is 4.36. The summed E-state index contributed by atoms with van der Waals surface area (Å²) in [5, 5.41) is 0. The lowest BCUT2D eigenvalue weighted by atomic mass is 10.2. The molecule has 6 nitrogen and oxygen atoms in total. The summed E-state index contributed by atoms with van der Waals surface area (Å²) in [7, 11) is 3.10. The Bertz CT molecular complexity index is 1110. The van der Waals surface area contributed by atoms with E-state index in [1.54, 1.807) is 38.5 Å². The average molecular weight is 401 g/mol. The Kier molecular flexibility index (Phi) is 5.48. The smallest absolute Gasteiger partial charge is 0.363 e. The van der Waals surface area contributed by atoms with Crippen LogP contribution in [-0.2, 0) is 9.53 Å². The zero-order valence-electron chi connectivity index (χ0n) is 16.5. The first-order valence-corrected chi connectivity index (χ1v) is 9.23. The van der Waals surface area contributed by atoms with Crippen LogP contribution in [0.2, 0.25) is 0 Å². The van der Waals surface area contributed by atoms with E-state index in [1.165, 1.54) is 0 Å². The average Bonchev–Trinajstić information content (AvgIpc) is 3.14. The summed E-state index contributed by atoms with van der Waals surface area (Å²) in [4.78, 5) is 16.7. The van der Waals surface area contributed by atoms with Gasteiger partial charge in [-0.05, 0) is 48.0 Å². The molecule has 0 radical (unpaired) electrons. The molecule has 0 N–H and O–H groups in total. The maximum Gasteiger partial charge on any atom is 0.363 e. The molecule has 0 spiro atoms. The van der Waals surface area contributed by atoms with Crippen LogP contribution < -0.4 is 14.2 Å². The molecule has 1 heterocycles. The van der Waals surface area contributed by atoms with Gasteiger partial charge in [0.1, 0.15) is 23.0 Å². The summed E-state index contributed by atoms with van der Waals surface area (Å²) in [6, 6.07) is 22.0. The number of aliphatic imine (C=N–C) groups is 1. The van der Waals surface area contributed by atoms with Gasteiger partial charge in [-0.2, -0.15) is 0 Å². The van der Waals surface area contributed by atoms with Crippen LogP contribution in [0.1, 0.15) is 11.1 Å². The first kappa shape index (κ1) is 19.3. The van der Waals surface area contributed by atoms with Crippen molar-refractivity contribution in [2.24, 2.45) is 4.99 Å². The van der Waals surface area contributed by atoms with Crippen LogP contribution in [0.15, 0.2) is 83.5 Å². The molecule has 0 saturated carbocycles. The van der Waals surface area contributed by atoms with E-state index >= 15 is 0 Å². The van der Waals surface area contributed by atoms with Crippen LogP contribution in [-0.4, -0.2) is 26.1 Å². The molecule has 3 aromatic carbocycles. The molecule has 0 fully saturated rings. The van der Waals surface area contributed by atoms with Gasteiger partial charge >= 0.3 is 5.97 Å². The molecule has 0 aliphatic carbocycles. The molecule has 4 rings (SSSR count). The molecule has 0 saturated heterocycles. The van der Waals surface area contributed by atoms with Gasteiger partial charge in [-0.1, -0.05) is 30.3 Å². The first-order chi connectivity index (χ1) is 14.6. The van der Waals surface area contributed by atoms with Crippen LogP contribution in [0.5, 0.6) is 23.0 Å². The second-order valence-electron chi connectivity index (χ2n) is 6.42. The highest BCUT2D eigenvalue weighted by Crippen LogP contribution is 2.27. The normalized spacial score (nSPS) is 14.3. The Morgan fingerprint density at radius 3 is 2.20 bits per heavy atom. The Hall–Kier alpha value is -4.06. The topological polar surface area (TPSA) is 66.3 Å². The second-order valence-corrected chi connectivity index (χ2v) is 6.42. The first-order valence-electron chi connectivity index (χ1n) is 9.23. The number of methoxy groups -OCH3 is 2. The summed E-state index contributed by atoms with van der Waals surface area (Å²) in [5.41, 5.74) is 1.55. The lowest BCUT2D eigenvalue weighted by Crippen LogP contribution is -2.06. The minimum Gasteiger partial charge on any atom is -0.497 e. The van der Waals surface area contributed by atoms with Crippen molar-refractivity contribution in [3.63, 3.8) is 0 Å². The summed E-state index contributed by atoms with van der Waals surface area (Å²) in [6.07, 6.45) is 1.66. The quantitative estimate of drug-likeness (QED) is 0.437. The molecule has 3 aromatic rings. The monoisotopic (exact) mass is 401 g/mol. The van der Waals surface area contributed by atoms with Gasteiger partial charge in [0.05, 0.1) is 14.2 Å². The minimum absolute atomic E-state index is 0.195. The number of ether oxygens (including phenoxy) is 4. The molecule has 0 atom stereocenters. The highest BCUT2D eigenvalue weighted by Gasteiger charge is 2.25. The van der Waals surface area contributed by atoms with E-state index in [9.17, 15) is 4.79 Å². The number of para-hydroxylation sites is 1. The summed E-state index contributed by atoms with van der Waals surface area (Å²) < 4.78 is 21.7. The molecule has 1 aliphatic rings. The second kappa shape index (κ2) is 8.53. The highest BCUT2D eigenvalue weighted by molar-refractivity contribution is 6.13. The van der Waals surface area contributed by atoms with E-state index in [4.69, 9.17) is 18.9 Å². The lowest BCUT2D eigenvalue weighted by Gasteiger charge is -2.07. The van der Waals surface area contributed by atoms with Gasteiger partial charge in [0.25, 0.3) is 0 Å². The molecule has 30 heavy (non-hydrogen) atoms. The molecule has 6 heteroatoms. The Morgan fingerprint density at radius 2 is 1.50 bits per heavy atom. The van der Waals surface area contributed by atoms with Crippen LogP contribution in [0.3, 0.4) is 0 Å². The molecule has 0 amide bonds. The maximum atomic E-state index is 12.3. The van der Waals surface area contributed by atoms with Crippen molar-refractivity contribution in [1.29, 1.82) is 0 Å². The Labute approximate surface area is 174 Å². The van der Waals surface area contributed by atoms with Crippen molar-refractivity contribution in [2.45, 2.75) is 0 Å². The fourth-order valence-electron chi connectivity index (χ4n) is 2.91. The number of benzene rings is 3. The fourth-order valence-corrected chi connectivity index (χ4v) is 2.91. The number of nitrogens with zero attached hydrogens (tertiary/aromatic N) is 1. The Morgan fingerprint density at radius 1 is 0.800 bits per heavy atom. The largest absolute Gasteiger partial charge is 0.497 e. The van der Waals surface area contributed by atoms with Crippen LogP contribution >= 0.6 is 0 Å². The molecule has 1 aliphatic heterocycles. The van der Waals surface area contributed by atoms with Crippen LogP contribution in [0.25, 0.3) is 6.08 Å². The zero-order chi connectivity index (χ0) is 20.9. The summed E-state index contributed by atoms with van der Waals surface area (Å²) >= 11 is 0. The fraction of sp³-hybridized carbons (Fsp3) is 0.0833. The predicted octanol–water partition coefficient (Wildman–Crippen LogP) is 4.84. The third kappa shape index (κ3) is 4.33. The van der Waals surface area contributed by atoms with Crippen molar-refractivity contribution in [2.75, 3.05) is 14.2 Å². The van der Waals surface area contributed by atoms with Crippen molar-refractivity contribution in [1.82, 2.24) is 0 Å². The standard InChI is InChI=1S/C24H19NO5/c1-27-20-13-17(14-21(15-20)28-2)23-25-22(24(26)30-23)12-16-7-6-10-19(11-16)29-18-8-4-3-5-9-18/h3-15H,1-2H3/b22-12-. The van der Waals surface area contributed by atoms with Gasteiger partial charge in [-0.3, -0.25) is 0 Å². The minimum atomic E-state index is -0.527. The van der Waals surface area contributed by atoms with Crippen molar-refractivity contribution in [3.05, 3.63) is 89.6 Å². The van der Waals surface area contributed by atoms with Gasteiger partial charge in [-0.15, -0.1) is 0 Å². The number of carbonyl (C=O) groups excluding carboxylic acids is 1. The third-order valence-electron chi connectivity index (χ3n) is 4.36. The summed E-state index contributed by atoms with van der Waals surface area (Å²) in [5.74, 6) is 2.21. The van der Waals surface area contributed by atoms with Gasteiger partial charge < -0.3 is 18.9 Å². The molecular formula is C24H19NO5. The predicted molar refractivity (Wildman–Crippen MR) is 113 cm³/mol. The number of carbonyl (C=O) groups is 1. The van der Waals surface area contributed by atoms with E-state index in [2.05, 4.69) is 4.99 Å². The van der Waals surface area contributed by atoms with Crippen molar-refractivity contribution >= 4 is 17.9 Å². The van der Waals surface area contributed by atoms with Gasteiger partial charge in [0, 0.05) is 11.6 Å². The highest BCUT2D eigenvalue weighted by atomic mass is 16.6. The molecule has 0 aromatic heterocycles. The van der Waals surface area contributed by atoms with Gasteiger partial charge in [0.2, 0.25) is 5.90 Å². The number of hydrogen-bond acceptors (Lipinski definition) is 6. The van der Waals surface area contributed by atoms with Crippen molar-refractivity contribution < 1.29 is 23.7 Å². The van der Waals surface area contributed by atoms with E-state index in [1.807, 2.05) is 54.6 Å². The lowest BCUT2D eigenvalue weighted by molar-refractivity contribution is -0.129. The van der Waals surface area contributed by atoms with E-state index in [0.29, 0.717) is 22.8 Å². The molecule has 0 bridgehead atoms. The van der Waals surface area contributed by atoms with E-state index < -0.39 is 5.97 Å². The molecule has 150 valence electrons. The number of rotatable bonds is 6. The van der Waals surface area contributed by atoms with Crippen LogP contribution in [0, 0.1) is 0 Å². The van der Waals surface area contributed by atoms with Gasteiger partial charge in [-0.25, -0.2) is 9.79 Å². The molecule has 0 unspecified atom stereocenters. The SMILES string of the molecule is COc1cc(OC)cc(C2=N/C(=C\c3cccc(Oc4ccccc4)c3)C(=O)O2)c1. The van der Waals surface area contributed by atoms with Crippen molar-refractivity contribution in [3.8, 4) is 23.0 Å². The number of esters is 1. The number of cyclic esters (lactones) is 1. The van der Waals surface area contributed by atoms with Crippen LogP contribution in [0.4, 0.5) is 0 Å². The zero-order valence-corrected chi connectivity index (χ0v) is 16.5. The Balaban J connectivity index is 1.61. The maximum absolute atomic E-state index is 12.3. The summed E-state index contributed by atoms with van der Waals surface area (Å²) in [6.45, 7) is 0. The number of hydrogen-bond donors (Lipinski definition) is 0. The van der Waals surface area contributed by atoms with E-state index in [-0.39, 0.29) is 11.6 Å². The van der Waals surface area contributed by atoms with E-state index in [0.717, 1.165) is 11.3 Å². The molecular weight excluding hydrogens is 382 g/mol.